The second kappa shape index (κ2) is 7.98. The molecule has 0 bridgehead atoms. The van der Waals surface area contributed by atoms with Crippen LogP contribution in [0.25, 0.3) is 0 Å². The molecule has 0 amide bonds. The van der Waals surface area contributed by atoms with Gasteiger partial charge in [-0.1, -0.05) is 0 Å². The number of ether oxygens (including phenoxy) is 3. The first-order valence-electron chi connectivity index (χ1n) is 9.42. The van der Waals surface area contributed by atoms with Gasteiger partial charge in [0.05, 0.1) is 12.7 Å². The number of methoxy groups -OCH3 is 1. The Hall–Kier alpha value is -2.68. The Morgan fingerprint density at radius 2 is 2.03 bits per heavy atom. The predicted octanol–water partition coefficient (Wildman–Crippen LogP) is 3.60. The lowest BCUT2D eigenvalue weighted by Gasteiger charge is -2.34. The van der Waals surface area contributed by atoms with Gasteiger partial charge in [0.1, 0.15) is 11.6 Å². The van der Waals surface area contributed by atoms with Crippen LogP contribution in [0.1, 0.15) is 24.0 Å². The first-order valence-corrected chi connectivity index (χ1v) is 9.42. The highest BCUT2D eigenvalue weighted by Gasteiger charge is 2.31. The number of aromatic nitrogens is 1. The number of pyridine rings is 1. The molecule has 1 aromatic heterocycles. The fourth-order valence-corrected chi connectivity index (χ4v) is 3.64. The van der Waals surface area contributed by atoms with Crippen LogP contribution in [0.15, 0.2) is 30.5 Å². The Labute approximate surface area is 166 Å². The molecular formula is C20H22F3N3O3. The minimum atomic E-state index is -4.37. The Morgan fingerprint density at radius 3 is 2.72 bits per heavy atom. The van der Waals surface area contributed by atoms with Gasteiger partial charge in [-0.15, -0.1) is 0 Å². The van der Waals surface area contributed by atoms with Crippen molar-refractivity contribution in [3.8, 4) is 17.2 Å². The van der Waals surface area contributed by atoms with Crippen molar-refractivity contribution in [3.05, 3.63) is 41.6 Å². The molecular weight excluding hydrogens is 387 g/mol. The van der Waals surface area contributed by atoms with E-state index in [2.05, 4.69) is 10.3 Å². The minimum absolute atomic E-state index is 0.183. The second-order valence-electron chi connectivity index (χ2n) is 7.09. The first-order chi connectivity index (χ1) is 13.9. The van der Waals surface area contributed by atoms with Crippen LogP contribution < -0.4 is 24.4 Å². The molecule has 9 heteroatoms. The van der Waals surface area contributed by atoms with Gasteiger partial charge in [-0.3, -0.25) is 0 Å². The molecule has 29 heavy (non-hydrogen) atoms. The molecule has 1 atom stereocenters. The van der Waals surface area contributed by atoms with Gasteiger partial charge in [0, 0.05) is 43.5 Å². The van der Waals surface area contributed by atoms with Crippen LogP contribution in [0, 0.1) is 0 Å². The van der Waals surface area contributed by atoms with Crippen molar-refractivity contribution >= 4 is 5.82 Å². The lowest BCUT2D eigenvalue weighted by molar-refractivity contribution is -0.137. The number of nitrogens with one attached hydrogen (secondary N) is 1. The maximum atomic E-state index is 12.7. The summed E-state index contributed by atoms with van der Waals surface area (Å²) in [5.41, 5.74) is 0.226. The summed E-state index contributed by atoms with van der Waals surface area (Å²) in [4.78, 5) is 6.03. The van der Waals surface area contributed by atoms with E-state index in [9.17, 15) is 13.2 Å². The van der Waals surface area contributed by atoms with E-state index in [0.717, 1.165) is 43.0 Å². The Kier molecular flexibility index (Phi) is 5.40. The van der Waals surface area contributed by atoms with Crippen molar-refractivity contribution in [1.82, 2.24) is 10.3 Å². The molecule has 1 aromatic carbocycles. The highest BCUT2D eigenvalue weighted by atomic mass is 19.4. The van der Waals surface area contributed by atoms with Crippen LogP contribution in [0.3, 0.4) is 0 Å². The summed E-state index contributed by atoms with van der Waals surface area (Å²) in [5.74, 6) is 2.65. The maximum absolute atomic E-state index is 12.7. The van der Waals surface area contributed by atoms with Gasteiger partial charge in [-0.05, 0) is 31.0 Å². The van der Waals surface area contributed by atoms with E-state index in [4.69, 9.17) is 14.2 Å². The van der Waals surface area contributed by atoms with E-state index in [0.29, 0.717) is 30.4 Å². The topological polar surface area (TPSA) is 55.9 Å². The zero-order valence-electron chi connectivity index (χ0n) is 16.0. The molecule has 1 N–H and O–H groups in total. The number of hydrogen-bond donors (Lipinski definition) is 1. The van der Waals surface area contributed by atoms with Gasteiger partial charge in [-0.2, -0.15) is 13.2 Å². The highest BCUT2D eigenvalue weighted by Crippen LogP contribution is 2.38. The van der Waals surface area contributed by atoms with Crippen LogP contribution in [0.5, 0.6) is 17.2 Å². The Morgan fingerprint density at radius 1 is 1.24 bits per heavy atom. The Balaban J connectivity index is 1.39. The van der Waals surface area contributed by atoms with Gasteiger partial charge in [-0.25, -0.2) is 4.98 Å². The molecule has 4 rings (SSSR count). The third kappa shape index (κ3) is 4.34. The van der Waals surface area contributed by atoms with E-state index < -0.39 is 11.7 Å². The highest BCUT2D eigenvalue weighted by molar-refractivity contribution is 5.51. The standard InChI is InChI=1S/C20H22F3N3O3/c1-27-16-8-18-17(28-12-29-18)7-13(16)9-24-15-3-2-6-26(11-15)19-5-4-14(10-25-19)20(21,22)23/h4-5,7-8,10,15,24H,2-3,6,9,11-12H2,1H3/t15-/m1/s1. The number of rotatable bonds is 5. The monoisotopic (exact) mass is 409 g/mol. The molecule has 1 saturated heterocycles. The SMILES string of the molecule is COc1cc2c(cc1CN[C@@H]1CCCN(c3ccc(C(F)(F)F)cn3)C1)OCO2. The molecule has 0 unspecified atom stereocenters. The van der Waals surface area contributed by atoms with E-state index in [1.807, 2.05) is 17.0 Å². The molecule has 0 aliphatic carbocycles. The van der Waals surface area contributed by atoms with Gasteiger partial charge >= 0.3 is 6.18 Å². The van der Waals surface area contributed by atoms with Crippen LogP contribution in [-0.2, 0) is 12.7 Å². The zero-order valence-corrected chi connectivity index (χ0v) is 16.0. The average Bonchev–Trinajstić information content (AvgIpc) is 3.18. The van der Waals surface area contributed by atoms with Gasteiger partial charge in [0.25, 0.3) is 0 Å². The summed E-state index contributed by atoms with van der Waals surface area (Å²) in [6, 6.07) is 6.43. The van der Waals surface area contributed by atoms with Crippen molar-refractivity contribution < 1.29 is 27.4 Å². The largest absolute Gasteiger partial charge is 0.496 e. The lowest BCUT2D eigenvalue weighted by atomic mass is 10.0. The summed E-state index contributed by atoms with van der Waals surface area (Å²) >= 11 is 0. The zero-order chi connectivity index (χ0) is 20.4. The summed E-state index contributed by atoms with van der Waals surface area (Å²) in [5, 5.41) is 3.51. The molecule has 3 heterocycles. The quantitative estimate of drug-likeness (QED) is 0.815. The maximum Gasteiger partial charge on any atom is 0.417 e. The number of alkyl halides is 3. The third-order valence-electron chi connectivity index (χ3n) is 5.18. The van der Waals surface area contributed by atoms with Crippen LogP contribution >= 0.6 is 0 Å². The fraction of sp³-hybridized carbons (Fsp3) is 0.450. The van der Waals surface area contributed by atoms with E-state index >= 15 is 0 Å². The van der Waals surface area contributed by atoms with Crippen molar-refractivity contribution in [1.29, 1.82) is 0 Å². The number of nitrogens with zero attached hydrogens (tertiary/aromatic N) is 2. The summed E-state index contributed by atoms with van der Waals surface area (Å²) in [7, 11) is 1.61. The number of halogens is 3. The van der Waals surface area contributed by atoms with E-state index in [1.54, 1.807) is 7.11 Å². The molecule has 6 nitrogen and oxygen atoms in total. The van der Waals surface area contributed by atoms with E-state index in [1.165, 1.54) is 6.07 Å². The first kappa shape index (κ1) is 19.6. The smallest absolute Gasteiger partial charge is 0.417 e. The molecule has 2 aromatic rings. The van der Waals surface area contributed by atoms with E-state index in [-0.39, 0.29) is 12.8 Å². The average molecular weight is 409 g/mol. The van der Waals surface area contributed by atoms with Crippen LogP contribution in [-0.4, -0.2) is 38.0 Å². The molecule has 156 valence electrons. The third-order valence-corrected chi connectivity index (χ3v) is 5.18. The fourth-order valence-electron chi connectivity index (χ4n) is 3.64. The Bertz CT molecular complexity index is 859. The van der Waals surface area contributed by atoms with Gasteiger partial charge < -0.3 is 24.4 Å². The molecule has 1 fully saturated rings. The number of anilines is 1. The van der Waals surface area contributed by atoms with Crippen molar-refractivity contribution in [2.24, 2.45) is 0 Å². The molecule has 0 spiro atoms. The summed E-state index contributed by atoms with van der Waals surface area (Å²) < 4.78 is 54.5. The summed E-state index contributed by atoms with van der Waals surface area (Å²) in [6.45, 7) is 2.22. The van der Waals surface area contributed by atoms with Crippen molar-refractivity contribution in [2.45, 2.75) is 31.6 Å². The van der Waals surface area contributed by atoms with Gasteiger partial charge in [0.2, 0.25) is 6.79 Å². The van der Waals surface area contributed by atoms with Crippen molar-refractivity contribution in [3.63, 3.8) is 0 Å². The second-order valence-corrected chi connectivity index (χ2v) is 7.09. The van der Waals surface area contributed by atoms with Crippen molar-refractivity contribution in [2.75, 3.05) is 31.9 Å². The number of hydrogen-bond acceptors (Lipinski definition) is 6. The number of piperidine rings is 1. The molecule has 2 aliphatic heterocycles. The van der Waals surface area contributed by atoms with Gasteiger partial charge in [0.15, 0.2) is 11.5 Å². The normalized spacial score (nSPS) is 18.8. The van der Waals surface area contributed by atoms with Crippen LogP contribution in [0.2, 0.25) is 0 Å². The number of fused-ring (bicyclic) bond motifs is 1. The molecule has 2 aliphatic rings. The molecule has 0 radical (unpaired) electrons. The minimum Gasteiger partial charge on any atom is -0.496 e. The predicted molar refractivity (Wildman–Crippen MR) is 100 cm³/mol. The molecule has 0 saturated carbocycles. The summed E-state index contributed by atoms with van der Waals surface area (Å²) in [6.07, 6.45) is -1.58. The lowest BCUT2D eigenvalue weighted by Crippen LogP contribution is -2.45. The van der Waals surface area contributed by atoms with Crippen LogP contribution in [0.4, 0.5) is 19.0 Å². The number of benzene rings is 1.